The van der Waals surface area contributed by atoms with E-state index in [1.165, 1.54) is 19.3 Å². The van der Waals surface area contributed by atoms with Gasteiger partial charge in [0, 0.05) is 5.75 Å². The van der Waals surface area contributed by atoms with Crippen molar-refractivity contribution in [3.8, 4) is 0 Å². The van der Waals surface area contributed by atoms with Crippen LogP contribution in [-0.4, -0.2) is 5.75 Å². The molecule has 0 heterocycles. The highest BCUT2D eigenvalue weighted by Crippen LogP contribution is 2.11. The van der Waals surface area contributed by atoms with Crippen LogP contribution in [0.1, 0.15) is 33.1 Å². The van der Waals surface area contributed by atoms with Gasteiger partial charge in [-0.05, 0) is 12.3 Å². The Balaban J connectivity index is 3.07. The van der Waals surface area contributed by atoms with Crippen molar-refractivity contribution in [2.75, 3.05) is 5.75 Å². The maximum atomic E-state index is 4.86. The summed E-state index contributed by atoms with van der Waals surface area (Å²) in [4.78, 5) is 0. The molecule has 0 rings (SSSR count). The minimum Gasteiger partial charge on any atom is -0.0941 e. The van der Waals surface area contributed by atoms with Gasteiger partial charge in [0.2, 0.25) is 0 Å². The van der Waals surface area contributed by atoms with Crippen LogP contribution in [0.3, 0.4) is 0 Å². The maximum absolute atomic E-state index is 4.86. The highest BCUT2D eigenvalue weighted by Gasteiger charge is 1.99. The van der Waals surface area contributed by atoms with E-state index in [0.717, 1.165) is 11.7 Å². The van der Waals surface area contributed by atoms with Crippen molar-refractivity contribution < 1.29 is 0 Å². The van der Waals surface area contributed by atoms with Gasteiger partial charge in [0.15, 0.2) is 0 Å². The van der Waals surface area contributed by atoms with Crippen LogP contribution in [0.5, 0.6) is 0 Å². The molecule has 0 atom stereocenters. The molecule has 0 N–H and O–H groups in total. The molecule has 0 saturated heterocycles. The van der Waals surface area contributed by atoms with Crippen molar-refractivity contribution in [3.05, 3.63) is 0 Å². The Morgan fingerprint density at radius 1 is 1.25 bits per heavy atom. The molecule has 8 heavy (non-hydrogen) atoms. The average Bonchev–Trinajstić information content (AvgIpc) is 1.83. The molecule has 0 fully saturated rings. The van der Waals surface area contributed by atoms with Crippen LogP contribution < -0.4 is 0 Å². The molecule has 0 amide bonds. The number of rotatable bonds is 4. The smallest absolute Gasteiger partial charge is 0.00395 e. The summed E-state index contributed by atoms with van der Waals surface area (Å²) >= 11 is 4.86. The van der Waals surface area contributed by atoms with Crippen molar-refractivity contribution in [1.82, 2.24) is 0 Å². The van der Waals surface area contributed by atoms with Gasteiger partial charge >= 0.3 is 0 Å². The van der Waals surface area contributed by atoms with E-state index in [1.54, 1.807) is 0 Å². The monoisotopic (exact) mass is 131 g/mol. The quantitative estimate of drug-likeness (QED) is 0.550. The Labute approximate surface area is 58.1 Å². The SMILES string of the molecule is CCC(CC)CC[S]. The van der Waals surface area contributed by atoms with Gasteiger partial charge in [-0.3, -0.25) is 0 Å². The minimum absolute atomic E-state index is 0.896. The molecule has 0 spiro atoms. The van der Waals surface area contributed by atoms with Crippen LogP contribution in [0.25, 0.3) is 0 Å². The van der Waals surface area contributed by atoms with Gasteiger partial charge in [-0.15, -0.1) is 0 Å². The first-order valence-electron chi connectivity index (χ1n) is 3.43. The Bertz CT molecular complexity index is 39.7. The lowest BCUT2D eigenvalue weighted by atomic mass is 10.0. The summed E-state index contributed by atoms with van der Waals surface area (Å²) in [7, 11) is 0. The zero-order chi connectivity index (χ0) is 6.41. The summed E-state index contributed by atoms with van der Waals surface area (Å²) in [6.45, 7) is 4.47. The fraction of sp³-hybridized carbons (Fsp3) is 1.00. The fourth-order valence-corrected chi connectivity index (χ4v) is 1.20. The largest absolute Gasteiger partial charge is 0.0941 e. The first kappa shape index (κ1) is 8.35. The molecule has 0 unspecified atom stereocenters. The zero-order valence-electron chi connectivity index (χ0n) is 5.81. The molecular weight excluding hydrogens is 116 g/mol. The molecule has 0 aliphatic rings. The Hall–Kier alpha value is 0.350. The highest BCUT2D eigenvalue weighted by molar-refractivity contribution is 7.80. The minimum atomic E-state index is 0.896. The number of hydrogen-bond donors (Lipinski definition) is 0. The van der Waals surface area contributed by atoms with E-state index in [9.17, 15) is 0 Å². The second kappa shape index (κ2) is 5.49. The van der Waals surface area contributed by atoms with Gasteiger partial charge in [0.1, 0.15) is 0 Å². The van der Waals surface area contributed by atoms with Crippen molar-refractivity contribution >= 4 is 12.6 Å². The van der Waals surface area contributed by atoms with E-state index in [4.69, 9.17) is 12.6 Å². The summed E-state index contributed by atoms with van der Waals surface area (Å²) in [6.07, 6.45) is 3.84. The normalized spacial score (nSPS) is 10.5. The first-order valence-corrected chi connectivity index (χ1v) is 4.00. The van der Waals surface area contributed by atoms with Gasteiger partial charge in [-0.2, -0.15) is 0 Å². The molecule has 0 aromatic heterocycles. The third-order valence-electron chi connectivity index (χ3n) is 1.68. The average molecular weight is 131 g/mol. The van der Waals surface area contributed by atoms with Crippen LogP contribution in [0.4, 0.5) is 0 Å². The van der Waals surface area contributed by atoms with Gasteiger partial charge in [-0.25, -0.2) is 0 Å². The van der Waals surface area contributed by atoms with E-state index in [1.807, 2.05) is 0 Å². The maximum Gasteiger partial charge on any atom is 0.00395 e. The standard InChI is InChI=1S/C7H15S/c1-3-7(4-2)5-6-8/h7H,3-6H2,1-2H3. The van der Waals surface area contributed by atoms with E-state index in [0.29, 0.717) is 0 Å². The molecule has 0 aromatic carbocycles. The summed E-state index contributed by atoms with van der Waals surface area (Å²) in [5.41, 5.74) is 0. The van der Waals surface area contributed by atoms with Crippen molar-refractivity contribution in [3.63, 3.8) is 0 Å². The molecule has 0 aliphatic heterocycles. The Morgan fingerprint density at radius 3 is 1.88 bits per heavy atom. The van der Waals surface area contributed by atoms with Gasteiger partial charge in [-0.1, -0.05) is 39.3 Å². The Morgan fingerprint density at radius 2 is 1.75 bits per heavy atom. The number of hydrogen-bond acceptors (Lipinski definition) is 0. The summed E-state index contributed by atoms with van der Waals surface area (Å²) in [5, 5.41) is 0. The molecular formula is C7H15S. The van der Waals surface area contributed by atoms with Crippen molar-refractivity contribution in [2.24, 2.45) is 5.92 Å². The first-order chi connectivity index (χ1) is 3.85. The van der Waals surface area contributed by atoms with Crippen molar-refractivity contribution in [1.29, 1.82) is 0 Å². The zero-order valence-corrected chi connectivity index (χ0v) is 6.63. The van der Waals surface area contributed by atoms with E-state index < -0.39 is 0 Å². The molecule has 1 radical (unpaired) electrons. The van der Waals surface area contributed by atoms with E-state index in [2.05, 4.69) is 13.8 Å². The molecule has 0 nitrogen and oxygen atoms in total. The lowest BCUT2D eigenvalue weighted by Gasteiger charge is -2.07. The third kappa shape index (κ3) is 3.36. The van der Waals surface area contributed by atoms with E-state index >= 15 is 0 Å². The Kier molecular flexibility index (Phi) is 5.73. The van der Waals surface area contributed by atoms with Crippen LogP contribution in [-0.2, 0) is 0 Å². The van der Waals surface area contributed by atoms with Crippen LogP contribution >= 0.6 is 12.6 Å². The predicted molar refractivity (Wildman–Crippen MR) is 41.1 cm³/mol. The summed E-state index contributed by atoms with van der Waals surface area (Å²) in [5.74, 6) is 1.83. The fourth-order valence-electron chi connectivity index (χ4n) is 0.864. The molecule has 0 bridgehead atoms. The highest BCUT2D eigenvalue weighted by atomic mass is 32.1. The second-order valence-electron chi connectivity index (χ2n) is 2.18. The van der Waals surface area contributed by atoms with Crippen molar-refractivity contribution in [2.45, 2.75) is 33.1 Å². The van der Waals surface area contributed by atoms with Gasteiger partial charge < -0.3 is 0 Å². The second-order valence-corrected chi connectivity index (χ2v) is 2.58. The molecule has 0 saturated carbocycles. The summed E-state index contributed by atoms with van der Waals surface area (Å²) in [6, 6.07) is 0. The molecule has 1 heteroatoms. The lowest BCUT2D eigenvalue weighted by Crippen LogP contribution is -1.96. The van der Waals surface area contributed by atoms with Gasteiger partial charge in [0.05, 0.1) is 0 Å². The third-order valence-corrected chi connectivity index (χ3v) is 1.92. The van der Waals surface area contributed by atoms with Crippen LogP contribution in [0.2, 0.25) is 0 Å². The topological polar surface area (TPSA) is 0 Å². The lowest BCUT2D eigenvalue weighted by molar-refractivity contribution is 0.481. The van der Waals surface area contributed by atoms with E-state index in [-0.39, 0.29) is 0 Å². The molecule has 0 aliphatic carbocycles. The molecule has 0 aromatic rings. The molecule has 49 valence electrons. The van der Waals surface area contributed by atoms with Gasteiger partial charge in [0.25, 0.3) is 0 Å². The van der Waals surface area contributed by atoms with Crippen LogP contribution in [0, 0.1) is 5.92 Å². The van der Waals surface area contributed by atoms with Crippen LogP contribution in [0.15, 0.2) is 0 Å². The predicted octanol–water partition coefficient (Wildman–Crippen LogP) is 3.01. The summed E-state index contributed by atoms with van der Waals surface area (Å²) < 4.78 is 0.